The lowest BCUT2D eigenvalue weighted by molar-refractivity contribution is -0.137. The monoisotopic (exact) mass is 393 g/mol. The van der Waals surface area contributed by atoms with E-state index in [-0.39, 0.29) is 17.9 Å². The molecule has 3 heterocycles. The Morgan fingerprint density at radius 1 is 1.25 bits per heavy atom. The van der Waals surface area contributed by atoms with E-state index < -0.39 is 17.3 Å². The minimum atomic E-state index is -4.42. The van der Waals surface area contributed by atoms with Crippen LogP contribution in [0.2, 0.25) is 0 Å². The molecule has 0 bridgehead atoms. The molecule has 2 atom stereocenters. The van der Waals surface area contributed by atoms with E-state index in [2.05, 4.69) is 4.98 Å². The van der Waals surface area contributed by atoms with Gasteiger partial charge in [-0.1, -0.05) is 6.08 Å². The van der Waals surface area contributed by atoms with E-state index in [0.29, 0.717) is 30.6 Å². The molecule has 4 rings (SSSR count). The standard InChI is InChI=1S/C20H22F3N3O2/c1-19(2,3)28-18(27)25-8-13-4-12(5-14(13)9-25)16-6-15(20(21,22)23)10-26-11-24-7-17(16)26/h4,6-7,10-11,13-14H,5,8-9H2,1-3H3. The van der Waals surface area contributed by atoms with Gasteiger partial charge < -0.3 is 14.0 Å². The van der Waals surface area contributed by atoms with Gasteiger partial charge in [0.15, 0.2) is 0 Å². The molecule has 1 fully saturated rings. The Hall–Kier alpha value is -2.51. The van der Waals surface area contributed by atoms with Crippen LogP contribution in [0.4, 0.5) is 18.0 Å². The number of likely N-dealkylation sites (tertiary alicyclic amines) is 1. The Balaban J connectivity index is 1.59. The van der Waals surface area contributed by atoms with Crippen LogP contribution in [0.1, 0.15) is 38.3 Å². The lowest BCUT2D eigenvalue weighted by Crippen LogP contribution is -2.35. The largest absolute Gasteiger partial charge is 0.444 e. The first-order valence-electron chi connectivity index (χ1n) is 9.23. The number of hydrogen-bond donors (Lipinski definition) is 0. The molecule has 2 aliphatic rings. The molecule has 0 aromatic carbocycles. The number of carbonyl (C=O) groups is 1. The summed E-state index contributed by atoms with van der Waals surface area (Å²) in [4.78, 5) is 18.0. The number of fused-ring (bicyclic) bond motifs is 2. The minimum absolute atomic E-state index is 0.125. The highest BCUT2D eigenvalue weighted by atomic mass is 19.4. The molecular formula is C20H22F3N3O2. The van der Waals surface area contributed by atoms with Gasteiger partial charge in [0.25, 0.3) is 0 Å². The summed E-state index contributed by atoms with van der Waals surface area (Å²) in [5.41, 5.74) is 0.854. The number of ether oxygens (including phenoxy) is 1. The maximum atomic E-state index is 13.3. The van der Waals surface area contributed by atoms with Crippen LogP contribution in [0, 0.1) is 11.8 Å². The molecule has 8 heteroatoms. The molecule has 1 amide bonds. The quantitative estimate of drug-likeness (QED) is 0.710. The maximum Gasteiger partial charge on any atom is 0.417 e. The number of hydrogen-bond acceptors (Lipinski definition) is 3. The maximum absolute atomic E-state index is 13.3. The first kappa shape index (κ1) is 18.8. The van der Waals surface area contributed by atoms with Crippen molar-refractivity contribution in [2.45, 2.75) is 39.0 Å². The van der Waals surface area contributed by atoms with Gasteiger partial charge in [-0.05, 0) is 50.7 Å². The van der Waals surface area contributed by atoms with Crippen molar-refractivity contribution in [1.82, 2.24) is 14.3 Å². The van der Waals surface area contributed by atoms with Gasteiger partial charge in [0.05, 0.1) is 23.6 Å². The van der Waals surface area contributed by atoms with Gasteiger partial charge in [0, 0.05) is 24.8 Å². The van der Waals surface area contributed by atoms with Crippen molar-refractivity contribution in [2.24, 2.45) is 11.8 Å². The summed E-state index contributed by atoms with van der Waals surface area (Å²) in [5, 5.41) is 0. The first-order chi connectivity index (χ1) is 13.0. The number of nitrogens with zero attached hydrogens (tertiary/aromatic N) is 3. The molecule has 2 aromatic heterocycles. The normalized spacial score (nSPS) is 22.5. The third-order valence-corrected chi connectivity index (χ3v) is 5.23. The number of amides is 1. The number of alkyl halides is 3. The topological polar surface area (TPSA) is 46.8 Å². The van der Waals surface area contributed by atoms with E-state index in [1.54, 1.807) is 11.1 Å². The zero-order valence-corrected chi connectivity index (χ0v) is 16.0. The van der Waals surface area contributed by atoms with E-state index in [0.717, 1.165) is 11.8 Å². The highest BCUT2D eigenvalue weighted by Gasteiger charge is 2.40. The molecule has 28 heavy (non-hydrogen) atoms. The molecule has 150 valence electrons. The summed E-state index contributed by atoms with van der Waals surface area (Å²) in [5.74, 6) is 0.320. The molecule has 0 saturated carbocycles. The van der Waals surface area contributed by atoms with Crippen LogP contribution in [0.5, 0.6) is 0 Å². The molecule has 2 unspecified atom stereocenters. The van der Waals surface area contributed by atoms with Crippen molar-refractivity contribution < 1.29 is 22.7 Å². The van der Waals surface area contributed by atoms with E-state index in [4.69, 9.17) is 4.74 Å². The van der Waals surface area contributed by atoms with Gasteiger partial charge in [-0.3, -0.25) is 0 Å². The Labute approximate surface area is 160 Å². The Bertz CT molecular complexity index is 956. The zero-order chi connectivity index (χ0) is 20.3. The fourth-order valence-corrected chi connectivity index (χ4v) is 4.03. The van der Waals surface area contributed by atoms with Gasteiger partial charge in [0.2, 0.25) is 0 Å². The van der Waals surface area contributed by atoms with Crippen LogP contribution < -0.4 is 0 Å². The molecule has 0 N–H and O–H groups in total. The van der Waals surface area contributed by atoms with Crippen LogP contribution >= 0.6 is 0 Å². The fraction of sp³-hybridized carbons (Fsp3) is 0.500. The number of pyridine rings is 1. The van der Waals surface area contributed by atoms with E-state index in [1.165, 1.54) is 16.8 Å². The van der Waals surface area contributed by atoms with Crippen molar-refractivity contribution in [3.8, 4) is 0 Å². The molecule has 0 radical (unpaired) electrons. The predicted octanol–water partition coefficient (Wildman–Crippen LogP) is 4.62. The van der Waals surface area contributed by atoms with Crippen molar-refractivity contribution >= 4 is 17.2 Å². The van der Waals surface area contributed by atoms with Crippen LogP contribution in [-0.2, 0) is 10.9 Å². The molecule has 1 aliphatic heterocycles. The third kappa shape index (κ3) is 3.47. The van der Waals surface area contributed by atoms with Crippen molar-refractivity contribution in [3.63, 3.8) is 0 Å². The highest BCUT2D eigenvalue weighted by Crippen LogP contribution is 2.43. The highest BCUT2D eigenvalue weighted by molar-refractivity contribution is 5.80. The van der Waals surface area contributed by atoms with Gasteiger partial charge in [-0.15, -0.1) is 0 Å². The Morgan fingerprint density at radius 3 is 2.64 bits per heavy atom. The number of allylic oxidation sites excluding steroid dienone is 1. The molecule has 0 spiro atoms. The van der Waals surface area contributed by atoms with Crippen molar-refractivity contribution in [3.05, 3.63) is 42.0 Å². The third-order valence-electron chi connectivity index (χ3n) is 5.23. The van der Waals surface area contributed by atoms with E-state index >= 15 is 0 Å². The smallest absolute Gasteiger partial charge is 0.417 e. The minimum Gasteiger partial charge on any atom is -0.444 e. The van der Waals surface area contributed by atoms with Gasteiger partial charge in [-0.25, -0.2) is 9.78 Å². The van der Waals surface area contributed by atoms with Crippen LogP contribution in [0.15, 0.2) is 30.9 Å². The van der Waals surface area contributed by atoms with Crippen molar-refractivity contribution in [2.75, 3.05) is 13.1 Å². The zero-order valence-electron chi connectivity index (χ0n) is 16.0. The van der Waals surface area contributed by atoms with Crippen LogP contribution in [-0.4, -0.2) is 39.1 Å². The Kier molecular flexibility index (Phi) is 4.21. The molecular weight excluding hydrogens is 371 g/mol. The second-order valence-electron chi connectivity index (χ2n) is 8.53. The predicted molar refractivity (Wildman–Crippen MR) is 97.6 cm³/mol. The van der Waals surface area contributed by atoms with Gasteiger partial charge in [0.1, 0.15) is 5.60 Å². The number of halogens is 3. The summed E-state index contributed by atoms with van der Waals surface area (Å²) in [6.45, 7) is 6.55. The number of imidazole rings is 1. The lowest BCUT2D eigenvalue weighted by Gasteiger charge is -2.24. The van der Waals surface area contributed by atoms with Gasteiger partial charge >= 0.3 is 12.3 Å². The molecule has 1 saturated heterocycles. The summed E-state index contributed by atoms with van der Waals surface area (Å²) in [7, 11) is 0. The molecule has 5 nitrogen and oxygen atoms in total. The number of rotatable bonds is 1. The van der Waals surface area contributed by atoms with Crippen molar-refractivity contribution in [1.29, 1.82) is 0 Å². The summed E-state index contributed by atoms with van der Waals surface area (Å²) < 4.78 is 46.7. The summed E-state index contributed by atoms with van der Waals surface area (Å²) in [6.07, 6.45) is 1.91. The van der Waals surface area contributed by atoms with Crippen LogP contribution in [0.25, 0.3) is 11.1 Å². The lowest BCUT2D eigenvalue weighted by atomic mass is 9.98. The average molecular weight is 393 g/mol. The van der Waals surface area contributed by atoms with Crippen LogP contribution in [0.3, 0.4) is 0 Å². The SMILES string of the molecule is CC(C)(C)OC(=O)N1CC2C=C(c3cc(C(F)(F)F)cn4cncc34)CC2C1. The summed E-state index contributed by atoms with van der Waals surface area (Å²) >= 11 is 0. The molecule has 2 aromatic rings. The second kappa shape index (κ2) is 6.25. The Morgan fingerprint density at radius 2 is 2.00 bits per heavy atom. The van der Waals surface area contributed by atoms with E-state index in [1.807, 2.05) is 26.8 Å². The average Bonchev–Trinajstić information content (AvgIpc) is 3.25. The van der Waals surface area contributed by atoms with E-state index in [9.17, 15) is 18.0 Å². The first-order valence-corrected chi connectivity index (χ1v) is 9.23. The van der Waals surface area contributed by atoms with Gasteiger partial charge in [-0.2, -0.15) is 13.2 Å². The fourth-order valence-electron chi connectivity index (χ4n) is 4.03. The molecule has 1 aliphatic carbocycles. The number of carbonyl (C=O) groups excluding carboxylic acids is 1. The number of aromatic nitrogens is 2. The second-order valence-corrected chi connectivity index (χ2v) is 8.53. The summed E-state index contributed by atoms with van der Waals surface area (Å²) in [6, 6.07) is 1.20.